The topological polar surface area (TPSA) is 245 Å². The third-order valence-electron chi connectivity index (χ3n) is 3.62. The number of carboxylic acid groups (broad SMARTS) is 3. The quantitative estimate of drug-likeness (QED) is 0.115. The maximum Gasteiger partial charge on any atom is 0.327 e. The summed E-state index contributed by atoms with van der Waals surface area (Å²) in [5.41, 5.74) is 5.32. The highest BCUT2D eigenvalue weighted by Crippen LogP contribution is 2.03. The molecule has 0 aliphatic rings. The molecule has 0 radical (unpaired) electrons. The van der Waals surface area contributed by atoms with Crippen molar-refractivity contribution in [2.45, 2.75) is 43.4 Å². The molecule has 0 spiro atoms. The summed E-state index contributed by atoms with van der Waals surface area (Å²) in [5, 5.41) is 41.7. The summed E-state index contributed by atoms with van der Waals surface area (Å²) < 4.78 is 0. The molecule has 0 saturated carbocycles. The van der Waals surface area contributed by atoms with Crippen molar-refractivity contribution in [2.24, 2.45) is 5.73 Å². The monoisotopic (exact) mass is 452 g/mol. The van der Waals surface area contributed by atoms with E-state index in [1.165, 1.54) is 0 Å². The van der Waals surface area contributed by atoms with Crippen LogP contribution in [0.25, 0.3) is 0 Å². The normalized spacial score (nSPS) is 14.5. The summed E-state index contributed by atoms with van der Waals surface area (Å²) >= 11 is 3.75. The van der Waals surface area contributed by atoms with E-state index in [2.05, 4.69) is 17.9 Å². The molecule has 0 rings (SSSR count). The molecule has 0 fully saturated rings. The lowest BCUT2D eigenvalue weighted by Gasteiger charge is -2.24. The minimum atomic E-state index is -1.73. The Morgan fingerprint density at radius 2 is 1.30 bits per heavy atom. The second-order valence-corrected chi connectivity index (χ2v) is 6.39. The lowest BCUT2D eigenvalue weighted by atomic mass is 10.1. The molecule has 0 aliphatic heterocycles. The van der Waals surface area contributed by atoms with Crippen LogP contribution < -0.4 is 21.7 Å². The van der Waals surface area contributed by atoms with Gasteiger partial charge in [0.1, 0.15) is 24.2 Å². The molecule has 0 aromatic heterocycles. The second kappa shape index (κ2) is 13.3. The van der Waals surface area contributed by atoms with Gasteiger partial charge in [-0.05, 0) is 6.42 Å². The van der Waals surface area contributed by atoms with Crippen molar-refractivity contribution >= 4 is 48.3 Å². The SMILES string of the molecule is NC(CO)C(=O)NC(CCC(=O)O)C(=O)NC(CC(=O)O)C(=O)NC(CS)C(=O)O. The van der Waals surface area contributed by atoms with Gasteiger partial charge in [-0.3, -0.25) is 24.0 Å². The molecule has 9 N–H and O–H groups in total. The predicted molar refractivity (Wildman–Crippen MR) is 101 cm³/mol. The third kappa shape index (κ3) is 10.0. The van der Waals surface area contributed by atoms with Crippen molar-refractivity contribution in [3.05, 3.63) is 0 Å². The first-order valence-corrected chi connectivity index (χ1v) is 9.10. The molecule has 4 atom stereocenters. The summed E-state index contributed by atoms with van der Waals surface area (Å²) in [6.07, 6.45) is -1.92. The highest BCUT2D eigenvalue weighted by molar-refractivity contribution is 7.80. The molecule has 0 heterocycles. The number of aliphatic carboxylic acids is 3. The van der Waals surface area contributed by atoms with Crippen LogP contribution in [0.4, 0.5) is 0 Å². The Morgan fingerprint density at radius 3 is 1.73 bits per heavy atom. The van der Waals surface area contributed by atoms with Crippen molar-refractivity contribution in [3.63, 3.8) is 0 Å². The average Bonchev–Trinajstić information content (AvgIpc) is 2.66. The van der Waals surface area contributed by atoms with Crippen molar-refractivity contribution in [3.8, 4) is 0 Å². The van der Waals surface area contributed by atoms with E-state index >= 15 is 0 Å². The summed E-state index contributed by atoms with van der Waals surface area (Å²) in [7, 11) is 0. The van der Waals surface area contributed by atoms with Gasteiger partial charge in [-0.25, -0.2) is 4.79 Å². The fraction of sp³-hybridized carbons (Fsp3) is 0.600. The van der Waals surface area contributed by atoms with Gasteiger partial charge in [0.25, 0.3) is 0 Å². The number of nitrogens with two attached hydrogens (primary N) is 1. The molecule has 14 nitrogen and oxygen atoms in total. The van der Waals surface area contributed by atoms with E-state index in [1.807, 2.05) is 10.6 Å². The number of carbonyl (C=O) groups is 6. The first-order valence-electron chi connectivity index (χ1n) is 8.47. The van der Waals surface area contributed by atoms with E-state index in [0.29, 0.717) is 0 Å². The number of carboxylic acids is 3. The summed E-state index contributed by atoms with van der Waals surface area (Å²) in [6, 6.07) is -6.11. The molecule has 0 aromatic rings. The van der Waals surface area contributed by atoms with E-state index in [9.17, 15) is 28.8 Å². The molecule has 30 heavy (non-hydrogen) atoms. The van der Waals surface area contributed by atoms with Gasteiger partial charge < -0.3 is 42.1 Å². The number of aliphatic hydroxyl groups excluding tert-OH is 1. The minimum Gasteiger partial charge on any atom is -0.481 e. The Hall–Kier alpha value is -2.91. The average molecular weight is 452 g/mol. The number of carbonyl (C=O) groups excluding carboxylic acids is 3. The number of hydrogen-bond donors (Lipinski definition) is 9. The highest BCUT2D eigenvalue weighted by atomic mass is 32.1. The molecule has 0 bridgehead atoms. The maximum absolute atomic E-state index is 12.5. The summed E-state index contributed by atoms with van der Waals surface area (Å²) in [4.78, 5) is 69.3. The van der Waals surface area contributed by atoms with E-state index in [-0.39, 0.29) is 5.75 Å². The lowest BCUT2D eigenvalue weighted by molar-refractivity contribution is -0.143. The number of hydrogen-bond acceptors (Lipinski definition) is 9. The van der Waals surface area contributed by atoms with E-state index in [4.69, 9.17) is 26.2 Å². The van der Waals surface area contributed by atoms with Crippen LogP contribution in [0, 0.1) is 0 Å². The van der Waals surface area contributed by atoms with Gasteiger partial charge in [0.15, 0.2) is 0 Å². The zero-order valence-electron chi connectivity index (χ0n) is 15.6. The third-order valence-corrected chi connectivity index (χ3v) is 3.99. The van der Waals surface area contributed by atoms with Gasteiger partial charge in [-0.2, -0.15) is 12.6 Å². The molecule has 3 amide bonds. The lowest BCUT2D eigenvalue weighted by Crippen LogP contribution is -2.58. The Balaban J connectivity index is 5.44. The van der Waals surface area contributed by atoms with Crippen LogP contribution in [0.5, 0.6) is 0 Å². The van der Waals surface area contributed by atoms with Crippen LogP contribution in [0.2, 0.25) is 0 Å². The van der Waals surface area contributed by atoms with Crippen LogP contribution in [0.1, 0.15) is 19.3 Å². The molecular formula is C15H24N4O10S. The van der Waals surface area contributed by atoms with Crippen molar-refractivity contribution < 1.29 is 49.2 Å². The van der Waals surface area contributed by atoms with Crippen LogP contribution >= 0.6 is 12.6 Å². The first kappa shape index (κ1) is 27.1. The Labute approximate surface area is 175 Å². The number of rotatable bonds is 14. The molecule has 170 valence electrons. The van der Waals surface area contributed by atoms with E-state index in [0.717, 1.165) is 0 Å². The molecule has 0 aliphatic carbocycles. The summed E-state index contributed by atoms with van der Waals surface area (Å²) in [6.45, 7) is -0.760. The van der Waals surface area contributed by atoms with Gasteiger partial charge in [0.2, 0.25) is 17.7 Å². The fourth-order valence-electron chi connectivity index (χ4n) is 2.01. The Kier molecular flexibility index (Phi) is 12.0. The smallest absolute Gasteiger partial charge is 0.327 e. The molecule has 15 heteroatoms. The second-order valence-electron chi connectivity index (χ2n) is 6.02. The maximum atomic E-state index is 12.5. The largest absolute Gasteiger partial charge is 0.481 e. The molecule has 0 aromatic carbocycles. The van der Waals surface area contributed by atoms with Gasteiger partial charge in [0, 0.05) is 12.2 Å². The Bertz CT molecular complexity index is 674. The fourth-order valence-corrected chi connectivity index (χ4v) is 2.26. The van der Waals surface area contributed by atoms with Gasteiger partial charge in [-0.15, -0.1) is 0 Å². The van der Waals surface area contributed by atoms with E-state index in [1.54, 1.807) is 0 Å². The Morgan fingerprint density at radius 1 is 0.800 bits per heavy atom. The van der Waals surface area contributed by atoms with Gasteiger partial charge in [-0.1, -0.05) is 0 Å². The van der Waals surface area contributed by atoms with Gasteiger partial charge >= 0.3 is 17.9 Å². The highest BCUT2D eigenvalue weighted by Gasteiger charge is 2.31. The minimum absolute atomic E-state index is 0.314. The first-order chi connectivity index (χ1) is 13.9. The number of nitrogens with one attached hydrogen (secondary N) is 3. The zero-order valence-corrected chi connectivity index (χ0v) is 16.5. The number of aliphatic hydroxyl groups is 1. The van der Waals surface area contributed by atoms with Crippen LogP contribution in [0.15, 0.2) is 0 Å². The van der Waals surface area contributed by atoms with Crippen molar-refractivity contribution in [2.75, 3.05) is 12.4 Å². The summed E-state index contributed by atoms with van der Waals surface area (Å²) in [5.74, 6) is -7.78. The van der Waals surface area contributed by atoms with Crippen LogP contribution in [0.3, 0.4) is 0 Å². The van der Waals surface area contributed by atoms with Gasteiger partial charge in [0.05, 0.1) is 13.0 Å². The standard InChI is InChI=1S/C15H24N4O10S/c16-6(4-20)12(25)17-7(1-2-10(21)22)13(26)18-8(3-11(23)24)14(27)19-9(5-30)15(28)29/h6-9,20,30H,1-5,16H2,(H,17,25)(H,18,26)(H,19,27)(H,21,22)(H,23,24)(H,28,29). The predicted octanol–water partition coefficient (Wildman–Crippen LogP) is -3.89. The van der Waals surface area contributed by atoms with Crippen molar-refractivity contribution in [1.29, 1.82) is 0 Å². The van der Waals surface area contributed by atoms with Crippen molar-refractivity contribution in [1.82, 2.24) is 16.0 Å². The van der Waals surface area contributed by atoms with Crippen LogP contribution in [-0.2, 0) is 28.8 Å². The molecular weight excluding hydrogens is 428 g/mol. The molecule has 4 unspecified atom stereocenters. The molecule has 0 saturated heterocycles. The zero-order chi connectivity index (χ0) is 23.4. The van der Waals surface area contributed by atoms with Crippen LogP contribution in [-0.4, -0.2) is 92.6 Å². The van der Waals surface area contributed by atoms with E-state index < -0.39 is 85.7 Å². The number of amides is 3. The number of thiol groups is 1.